The summed E-state index contributed by atoms with van der Waals surface area (Å²) < 4.78 is 5.52. The second-order valence-corrected chi connectivity index (χ2v) is 8.05. The maximum Gasteiger partial charge on any atom is 0.407 e. The number of carboxylic acids is 1. The van der Waals surface area contributed by atoms with Gasteiger partial charge < -0.3 is 20.5 Å². The molecule has 3 rings (SSSR count). The van der Waals surface area contributed by atoms with Gasteiger partial charge in [0.05, 0.1) is 0 Å². The monoisotopic (exact) mass is 438 g/mol. The van der Waals surface area contributed by atoms with Crippen LogP contribution in [0, 0.1) is 5.92 Å². The van der Waals surface area contributed by atoms with Crippen molar-refractivity contribution in [3.8, 4) is 11.1 Å². The highest BCUT2D eigenvalue weighted by atomic mass is 16.5. The third kappa shape index (κ3) is 5.46. The molecule has 2 amide bonds. The van der Waals surface area contributed by atoms with E-state index in [-0.39, 0.29) is 37.3 Å². The summed E-state index contributed by atoms with van der Waals surface area (Å²) in [5.41, 5.74) is 4.63. The lowest BCUT2D eigenvalue weighted by Gasteiger charge is -2.18. The number of alkyl carbamates (subject to hydrolysis) is 1. The van der Waals surface area contributed by atoms with Crippen LogP contribution >= 0.6 is 0 Å². The normalized spacial score (nSPS) is 14.1. The number of benzene rings is 2. The number of hydrogen-bond acceptors (Lipinski definition) is 4. The topological polar surface area (TPSA) is 105 Å². The summed E-state index contributed by atoms with van der Waals surface area (Å²) in [5.74, 6) is -1.50. The molecule has 0 heterocycles. The van der Waals surface area contributed by atoms with E-state index in [2.05, 4.69) is 34.9 Å². The van der Waals surface area contributed by atoms with E-state index in [1.54, 1.807) is 6.92 Å². The van der Waals surface area contributed by atoms with Crippen LogP contribution in [0.3, 0.4) is 0 Å². The van der Waals surface area contributed by atoms with Crippen LogP contribution in [0.2, 0.25) is 0 Å². The molecule has 1 unspecified atom stereocenters. The van der Waals surface area contributed by atoms with Gasteiger partial charge in [0.15, 0.2) is 0 Å². The number of nitrogens with one attached hydrogen (secondary N) is 2. The molecule has 0 saturated carbocycles. The maximum absolute atomic E-state index is 12.3. The van der Waals surface area contributed by atoms with Gasteiger partial charge >= 0.3 is 12.1 Å². The Kier molecular flexibility index (Phi) is 7.87. The van der Waals surface area contributed by atoms with Crippen molar-refractivity contribution in [2.45, 2.75) is 45.1 Å². The van der Waals surface area contributed by atoms with Gasteiger partial charge in [0, 0.05) is 18.9 Å². The van der Waals surface area contributed by atoms with E-state index in [9.17, 15) is 14.4 Å². The van der Waals surface area contributed by atoms with Gasteiger partial charge in [-0.2, -0.15) is 0 Å². The van der Waals surface area contributed by atoms with Gasteiger partial charge in [0.2, 0.25) is 5.91 Å². The molecule has 1 aliphatic carbocycles. The van der Waals surface area contributed by atoms with Crippen molar-refractivity contribution < 1.29 is 24.2 Å². The first kappa shape index (κ1) is 23.3. The number of carboxylic acid groups (broad SMARTS) is 1. The van der Waals surface area contributed by atoms with E-state index in [1.165, 1.54) is 11.1 Å². The molecule has 2 atom stereocenters. The Morgan fingerprint density at radius 1 is 0.969 bits per heavy atom. The van der Waals surface area contributed by atoms with Gasteiger partial charge in [-0.25, -0.2) is 9.59 Å². The maximum atomic E-state index is 12.3. The summed E-state index contributed by atoms with van der Waals surface area (Å²) in [7, 11) is 0. The van der Waals surface area contributed by atoms with E-state index < -0.39 is 18.1 Å². The average Bonchev–Trinajstić information content (AvgIpc) is 3.12. The van der Waals surface area contributed by atoms with Crippen LogP contribution in [0.5, 0.6) is 0 Å². The highest BCUT2D eigenvalue weighted by Crippen LogP contribution is 2.44. The molecule has 0 saturated heterocycles. The number of carbonyl (C=O) groups excluding carboxylic acids is 2. The number of amides is 2. The zero-order chi connectivity index (χ0) is 23.1. The molecule has 7 heteroatoms. The second kappa shape index (κ2) is 10.8. The van der Waals surface area contributed by atoms with Crippen LogP contribution in [0.25, 0.3) is 11.1 Å². The SMILES string of the molecule is CCC(CNC(=O)OCC1c2ccccc2-c2ccccc21)CC(=O)N[C@H](CC)C(=O)O. The predicted octanol–water partition coefficient (Wildman–Crippen LogP) is 3.92. The molecule has 3 N–H and O–H groups in total. The van der Waals surface area contributed by atoms with E-state index in [0.29, 0.717) is 12.8 Å². The second-order valence-electron chi connectivity index (χ2n) is 8.05. The van der Waals surface area contributed by atoms with Gasteiger partial charge in [-0.1, -0.05) is 68.8 Å². The minimum Gasteiger partial charge on any atom is -0.480 e. The van der Waals surface area contributed by atoms with Gasteiger partial charge in [0.25, 0.3) is 0 Å². The molecule has 2 aromatic carbocycles. The molecule has 0 bridgehead atoms. The first-order valence-electron chi connectivity index (χ1n) is 11.1. The van der Waals surface area contributed by atoms with E-state index >= 15 is 0 Å². The molecule has 0 radical (unpaired) electrons. The van der Waals surface area contributed by atoms with Crippen LogP contribution in [0.1, 0.15) is 50.2 Å². The largest absolute Gasteiger partial charge is 0.480 e. The fraction of sp³-hybridized carbons (Fsp3) is 0.400. The van der Waals surface area contributed by atoms with Crippen molar-refractivity contribution in [3.05, 3.63) is 59.7 Å². The Bertz CT molecular complexity index is 929. The smallest absolute Gasteiger partial charge is 0.407 e. The molecule has 1 aliphatic rings. The molecule has 0 spiro atoms. The average molecular weight is 439 g/mol. The number of rotatable bonds is 10. The van der Waals surface area contributed by atoms with Crippen molar-refractivity contribution in [1.82, 2.24) is 10.6 Å². The standard InChI is InChI=1S/C25H30N2O5/c1-3-16(13-23(28)27-22(4-2)24(29)30)14-26-25(31)32-15-21-19-11-7-5-9-17(19)18-10-6-8-12-20(18)21/h5-12,16,21-22H,3-4,13-15H2,1-2H3,(H,26,31)(H,27,28)(H,29,30)/t16?,22-/m1/s1. The summed E-state index contributed by atoms with van der Waals surface area (Å²) in [6, 6.07) is 15.4. The number of fused-ring (bicyclic) bond motifs is 3. The van der Waals surface area contributed by atoms with E-state index in [1.807, 2.05) is 31.2 Å². The third-order valence-corrected chi connectivity index (χ3v) is 5.97. The van der Waals surface area contributed by atoms with Crippen LogP contribution in [-0.2, 0) is 14.3 Å². The molecule has 2 aromatic rings. The van der Waals surface area contributed by atoms with Crippen LogP contribution < -0.4 is 10.6 Å². The molecule has 7 nitrogen and oxygen atoms in total. The number of ether oxygens (including phenoxy) is 1. The number of aliphatic carboxylic acids is 1. The lowest BCUT2D eigenvalue weighted by molar-refractivity contribution is -0.142. The molecular weight excluding hydrogens is 408 g/mol. The fourth-order valence-corrected chi connectivity index (χ4v) is 4.09. The lowest BCUT2D eigenvalue weighted by atomic mass is 9.98. The van der Waals surface area contributed by atoms with Crippen molar-refractivity contribution in [2.75, 3.05) is 13.2 Å². The number of hydrogen-bond donors (Lipinski definition) is 3. The van der Waals surface area contributed by atoms with Gasteiger partial charge in [-0.15, -0.1) is 0 Å². The summed E-state index contributed by atoms with van der Waals surface area (Å²) in [6.45, 7) is 4.14. The van der Waals surface area contributed by atoms with Gasteiger partial charge in [-0.05, 0) is 34.6 Å². The quantitative estimate of drug-likeness (QED) is 0.521. The molecule has 0 fully saturated rings. The molecular formula is C25H30N2O5. The Labute approximate surface area is 188 Å². The number of carbonyl (C=O) groups is 3. The fourth-order valence-electron chi connectivity index (χ4n) is 4.09. The molecule has 0 aromatic heterocycles. The van der Waals surface area contributed by atoms with Gasteiger partial charge in [0.1, 0.15) is 12.6 Å². The first-order valence-corrected chi connectivity index (χ1v) is 11.1. The summed E-state index contributed by atoms with van der Waals surface area (Å²) in [6.07, 6.45) is 0.600. The Morgan fingerprint density at radius 3 is 2.09 bits per heavy atom. The van der Waals surface area contributed by atoms with Crippen LogP contribution in [-0.4, -0.2) is 42.3 Å². The zero-order valence-corrected chi connectivity index (χ0v) is 18.5. The first-order chi connectivity index (χ1) is 15.4. The van der Waals surface area contributed by atoms with Crippen molar-refractivity contribution in [3.63, 3.8) is 0 Å². The zero-order valence-electron chi connectivity index (χ0n) is 18.5. The Hall–Kier alpha value is -3.35. The van der Waals surface area contributed by atoms with Crippen molar-refractivity contribution >= 4 is 18.0 Å². The lowest BCUT2D eigenvalue weighted by Crippen LogP contribution is -2.41. The Balaban J connectivity index is 1.51. The van der Waals surface area contributed by atoms with Crippen molar-refractivity contribution in [2.24, 2.45) is 5.92 Å². The van der Waals surface area contributed by atoms with Crippen molar-refractivity contribution in [1.29, 1.82) is 0 Å². The summed E-state index contributed by atoms with van der Waals surface area (Å²) >= 11 is 0. The summed E-state index contributed by atoms with van der Waals surface area (Å²) in [5, 5.41) is 14.3. The molecule has 170 valence electrons. The van der Waals surface area contributed by atoms with E-state index in [4.69, 9.17) is 9.84 Å². The van der Waals surface area contributed by atoms with Gasteiger partial charge in [-0.3, -0.25) is 4.79 Å². The summed E-state index contributed by atoms with van der Waals surface area (Å²) in [4.78, 5) is 35.6. The minimum absolute atomic E-state index is 0.0112. The van der Waals surface area contributed by atoms with Crippen LogP contribution in [0.4, 0.5) is 4.79 Å². The highest BCUT2D eigenvalue weighted by Gasteiger charge is 2.29. The van der Waals surface area contributed by atoms with Crippen LogP contribution in [0.15, 0.2) is 48.5 Å². The third-order valence-electron chi connectivity index (χ3n) is 5.97. The Morgan fingerprint density at radius 2 is 1.56 bits per heavy atom. The molecule has 32 heavy (non-hydrogen) atoms. The minimum atomic E-state index is -1.05. The highest BCUT2D eigenvalue weighted by molar-refractivity contribution is 5.83. The van der Waals surface area contributed by atoms with E-state index in [0.717, 1.165) is 11.1 Å². The predicted molar refractivity (Wildman–Crippen MR) is 121 cm³/mol. The molecule has 0 aliphatic heterocycles.